The van der Waals surface area contributed by atoms with E-state index in [1.807, 2.05) is 48.9 Å². The maximum absolute atomic E-state index is 13.4. The quantitative estimate of drug-likeness (QED) is 0.508. The number of benzene rings is 2. The maximum Gasteiger partial charge on any atom is 0.254 e. The van der Waals surface area contributed by atoms with Gasteiger partial charge in [0.1, 0.15) is 6.04 Å². The summed E-state index contributed by atoms with van der Waals surface area (Å²) < 4.78 is 1.90. The van der Waals surface area contributed by atoms with Gasteiger partial charge in [0.05, 0.1) is 11.4 Å². The third-order valence-electron chi connectivity index (χ3n) is 6.12. The zero-order chi connectivity index (χ0) is 23.7. The minimum Gasteiger partial charge on any atom is -0.340 e. The largest absolute Gasteiger partial charge is 0.340 e. The van der Waals surface area contributed by atoms with Gasteiger partial charge in [-0.05, 0) is 57.0 Å². The molecule has 8 heteroatoms. The summed E-state index contributed by atoms with van der Waals surface area (Å²) in [6, 6.07) is 14.2. The fraction of sp³-hybridized carbons (Fsp3) is 0.320. The first-order valence-corrected chi connectivity index (χ1v) is 11.6. The Morgan fingerprint density at radius 2 is 1.76 bits per heavy atom. The van der Waals surface area contributed by atoms with Gasteiger partial charge in [-0.15, -0.1) is 0 Å². The summed E-state index contributed by atoms with van der Waals surface area (Å²) in [6.07, 6.45) is 1.40. The number of amides is 2. The summed E-state index contributed by atoms with van der Waals surface area (Å²) in [7, 11) is 1.78. The van der Waals surface area contributed by atoms with E-state index < -0.39 is 6.04 Å². The number of para-hydroxylation sites is 1. The molecule has 2 heterocycles. The van der Waals surface area contributed by atoms with Crippen molar-refractivity contribution in [1.82, 2.24) is 19.6 Å². The monoisotopic (exact) mass is 484 g/mol. The first-order valence-electron chi connectivity index (χ1n) is 10.9. The number of hydrogen-bond acceptors (Lipinski definition) is 3. The van der Waals surface area contributed by atoms with Crippen LogP contribution in [0.3, 0.4) is 0 Å². The smallest absolute Gasteiger partial charge is 0.254 e. The van der Waals surface area contributed by atoms with E-state index in [0.29, 0.717) is 35.1 Å². The number of nitrogens with zero attached hydrogens (tertiary/aromatic N) is 4. The van der Waals surface area contributed by atoms with Crippen molar-refractivity contribution in [3.05, 3.63) is 81.1 Å². The van der Waals surface area contributed by atoms with Crippen LogP contribution in [0.4, 0.5) is 0 Å². The summed E-state index contributed by atoms with van der Waals surface area (Å²) in [6.45, 7) is 4.91. The van der Waals surface area contributed by atoms with Gasteiger partial charge >= 0.3 is 0 Å². The van der Waals surface area contributed by atoms with Crippen molar-refractivity contribution in [2.75, 3.05) is 13.6 Å². The molecule has 33 heavy (non-hydrogen) atoms. The molecule has 1 atom stereocenters. The van der Waals surface area contributed by atoms with Crippen molar-refractivity contribution in [3.8, 4) is 5.69 Å². The van der Waals surface area contributed by atoms with Crippen LogP contribution in [0.2, 0.25) is 10.0 Å². The van der Waals surface area contributed by atoms with E-state index in [1.54, 1.807) is 35.0 Å². The number of hydrogen-bond donors (Lipinski definition) is 0. The Morgan fingerprint density at radius 3 is 2.42 bits per heavy atom. The van der Waals surface area contributed by atoms with Crippen molar-refractivity contribution in [3.63, 3.8) is 0 Å². The third kappa shape index (κ3) is 4.77. The minimum absolute atomic E-state index is 0.0831. The fourth-order valence-corrected chi connectivity index (χ4v) is 4.93. The lowest BCUT2D eigenvalue weighted by atomic mass is 10.1. The molecule has 1 aliphatic rings. The van der Waals surface area contributed by atoms with Crippen molar-refractivity contribution >= 4 is 35.0 Å². The van der Waals surface area contributed by atoms with Crippen LogP contribution in [-0.4, -0.2) is 51.0 Å². The van der Waals surface area contributed by atoms with Gasteiger partial charge < -0.3 is 9.80 Å². The van der Waals surface area contributed by atoms with Crippen LogP contribution in [0.25, 0.3) is 5.69 Å². The summed E-state index contributed by atoms with van der Waals surface area (Å²) in [5, 5.41) is 5.47. The highest BCUT2D eigenvalue weighted by Gasteiger charge is 2.36. The highest BCUT2D eigenvalue weighted by Crippen LogP contribution is 2.26. The van der Waals surface area contributed by atoms with Gasteiger partial charge in [-0.1, -0.05) is 41.4 Å². The molecule has 1 fully saturated rings. The first-order chi connectivity index (χ1) is 15.8. The van der Waals surface area contributed by atoms with Crippen molar-refractivity contribution < 1.29 is 9.59 Å². The summed E-state index contributed by atoms with van der Waals surface area (Å²) in [4.78, 5) is 29.8. The Labute approximate surface area is 203 Å². The molecule has 2 amide bonds. The Bertz CT molecular complexity index is 1170. The second kappa shape index (κ2) is 9.57. The predicted molar refractivity (Wildman–Crippen MR) is 130 cm³/mol. The van der Waals surface area contributed by atoms with Gasteiger partial charge in [-0.25, -0.2) is 4.68 Å². The Kier molecular flexibility index (Phi) is 6.77. The van der Waals surface area contributed by atoms with Crippen molar-refractivity contribution in [2.24, 2.45) is 0 Å². The number of carbonyl (C=O) groups excluding carboxylic acids is 2. The molecule has 1 saturated heterocycles. The molecule has 0 saturated carbocycles. The predicted octanol–water partition coefficient (Wildman–Crippen LogP) is 5.06. The SMILES string of the molecule is Cc1nn(-c2ccccc2)c(C)c1CN(C)C(=O)C1CCCN1C(=O)c1cc(Cl)cc(Cl)c1. The van der Waals surface area contributed by atoms with Gasteiger partial charge in [0.15, 0.2) is 0 Å². The second-order valence-electron chi connectivity index (χ2n) is 8.41. The van der Waals surface area contributed by atoms with Gasteiger partial charge in [-0.3, -0.25) is 9.59 Å². The van der Waals surface area contributed by atoms with Crippen LogP contribution < -0.4 is 0 Å². The molecule has 2 aromatic carbocycles. The Hall–Kier alpha value is -2.83. The third-order valence-corrected chi connectivity index (χ3v) is 6.56. The normalized spacial score (nSPS) is 15.7. The van der Waals surface area contributed by atoms with Gasteiger partial charge in [-0.2, -0.15) is 5.10 Å². The molecule has 0 bridgehead atoms. The van der Waals surface area contributed by atoms with Crippen LogP contribution in [0, 0.1) is 13.8 Å². The number of rotatable bonds is 5. The first kappa shape index (κ1) is 23.3. The molecule has 0 N–H and O–H groups in total. The average molecular weight is 485 g/mol. The lowest BCUT2D eigenvalue weighted by Gasteiger charge is -2.28. The molecule has 0 aliphatic carbocycles. The average Bonchev–Trinajstić information content (AvgIpc) is 3.38. The van der Waals surface area contributed by atoms with E-state index in [4.69, 9.17) is 23.2 Å². The number of aromatic nitrogens is 2. The van der Waals surface area contributed by atoms with E-state index in [-0.39, 0.29) is 11.8 Å². The summed E-state index contributed by atoms with van der Waals surface area (Å²) in [5.41, 5.74) is 4.25. The number of halogens is 2. The number of aryl methyl sites for hydroxylation is 1. The van der Waals surface area contributed by atoms with Gasteiger partial charge in [0.25, 0.3) is 5.91 Å². The zero-order valence-corrected chi connectivity index (χ0v) is 20.4. The highest BCUT2D eigenvalue weighted by atomic mass is 35.5. The number of likely N-dealkylation sites (tertiary alicyclic amines) is 1. The lowest BCUT2D eigenvalue weighted by molar-refractivity contribution is -0.134. The summed E-state index contributed by atoms with van der Waals surface area (Å²) >= 11 is 12.2. The standard InChI is InChI=1S/C25H26Cl2N4O2/c1-16-22(17(2)31(28-16)21-8-5-4-6-9-21)15-29(3)25(33)23-10-7-11-30(23)24(32)18-12-19(26)14-20(27)13-18/h4-6,8-9,12-14,23H,7,10-11,15H2,1-3H3. The lowest BCUT2D eigenvalue weighted by Crippen LogP contribution is -2.46. The molecular weight excluding hydrogens is 459 g/mol. The topological polar surface area (TPSA) is 58.4 Å². The van der Waals surface area contributed by atoms with Crippen molar-refractivity contribution in [1.29, 1.82) is 0 Å². The second-order valence-corrected chi connectivity index (χ2v) is 9.28. The van der Waals surface area contributed by atoms with Crippen LogP contribution >= 0.6 is 23.2 Å². The number of carbonyl (C=O) groups is 2. The number of likely N-dealkylation sites (N-methyl/N-ethyl adjacent to an activating group) is 1. The highest BCUT2D eigenvalue weighted by molar-refractivity contribution is 6.35. The van der Waals surface area contributed by atoms with E-state index in [1.165, 1.54) is 0 Å². The van der Waals surface area contributed by atoms with E-state index in [9.17, 15) is 9.59 Å². The maximum atomic E-state index is 13.4. The zero-order valence-electron chi connectivity index (χ0n) is 18.9. The molecule has 1 aromatic heterocycles. The van der Waals surface area contributed by atoms with Crippen LogP contribution in [-0.2, 0) is 11.3 Å². The molecule has 1 unspecified atom stereocenters. The molecule has 3 aromatic rings. The molecule has 4 rings (SSSR count). The van der Waals surface area contributed by atoms with Gasteiger partial charge in [0, 0.05) is 47.0 Å². The van der Waals surface area contributed by atoms with E-state index in [2.05, 4.69) is 5.10 Å². The Morgan fingerprint density at radius 1 is 1.09 bits per heavy atom. The fourth-order valence-electron chi connectivity index (χ4n) is 4.40. The van der Waals surface area contributed by atoms with Crippen LogP contribution in [0.15, 0.2) is 48.5 Å². The van der Waals surface area contributed by atoms with Crippen LogP contribution in [0.5, 0.6) is 0 Å². The molecule has 1 aliphatic heterocycles. The van der Waals surface area contributed by atoms with Crippen LogP contribution in [0.1, 0.15) is 40.2 Å². The van der Waals surface area contributed by atoms with E-state index >= 15 is 0 Å². The summed E-state index contributed by atoms with van der Waals surface area (Å²) in [5.74, 6) is -0.312. The molecule has 0 radical (unpaired) electrons. The molecular formula is C25H26Cl2N4O2. The molecule has 172 valence electrons. The van der Waals surface area contributed by atoms with E-state index in [0.717, 1.165) is 29.1 Å². The molecule has 0 spiro atoms. The minimum atomic E-state index is -0.509. The Balaban J connectivity index is 1.52. The van der Waals surface area contributed by atoms with Crippen molar-refractivity contribution in [2.45, 2.75) is 39.3 Å². The van der Waals surface area contributed by atoms with Gasteiger partial charge in [0.2, 0.25) is 5.91 Å². The molecule has 6 nitrogen and oxygen atoms in total.